The van der Waals surface area contributed by atoms with Crippen LogP contribution in [-0.4, -0.2) is 70.7 Å². The van der Waals surface area contributed by atoms with Crippen molar-refractivity contribution in [2.75, 3.05) is 6.61 Å². The zero-order valence-electron chi connectivity index (χ0n) is 29.6. The number of alkyl halides is 5. The van der Waals surface area contributed by atoms with Crippen molar-refractivity contribution in [2.24, 2.45) is 16.1 Å². The van der Waals surface area contributed by atoms with Crippen molar-refractivity contribution in [1.82, 2.24) is 39.7 Å². The number of ether oxygens (including phenoxy) is 1. The van der Waals surface area contributed by atoms with Crippen molar-refractivity contribution in [3.8, 4) is 22.8 Å². The number of halogens is 7. The Labute approximate surface area is 314 Å². The number of nitrogens with two attached hydrogens (primary N) is 1. The van der Waals surface area contributed by atoms with E-state index >= 15 is 4.39 Å². The molecule has 2 atom stereocenters. The molecule has 2 fully saturated rings. The summed E-state index contributed by atoms with van der Waals surface area (Å²) in [6.45, 7) is 1.51. The van der Waals surface area contributed by atoms with Gasteiger partial charge in [0.2, 0.25) is 0 Å². The summed E-state index contributed by atoms with van der Waals surface area (Å²) in [6.07, 6.45) is -2.61. The van der Waals surface area contributed by atoms with Gasteiger partial charge in [-0.3, -0.25) is 9.69 Å². The van der Waals surface area contributed by atoms with Crippen LogP contribution in [0.15, 0.2) is 54.0 Å². The largest absolute Gasteiger partial charge is 0.447 e. The van der Waals surface area contributed by atoms with Gasteiger partial charge in [0.1, 0.15) is 30.6 Å². The van der Waals surface area contributed by atoms with Gasteiger partial charge in [0.05, 0.1) is 17.1 Å². The monoisotopic (exact) mass is 792 g/mol. The lowest BCUT2D eigenvalue weighted by Gasteiger charge is -2.35. The van der Waals surface area contributed by atoms with Crippen molar-refractivity contribution in [1.29, 1.82) is 0 Å². The van der Waals surface area contributed by atoms with Gasteiger partial charge >= 0.3 is 18.8 Å². The predicted octanol–water partition coefficient (Wildman–Crippen LogP) is 7.08. The summed E-state index contributed by atoms with van der Waals surface area (Å²) < 4.78 is 92.4. The van der Waals surface area contributed by atoms with Crippen molar-refractivity contribution in [3.63, 3.8) is 0 Å². The Morgan fingerprint density at radius 3 is 2.45 bits per heavy atom. The number of hydrogen-bond acceptors (Lipinski definition) is 9. The Bertz CT molecular complexity index is 2180. The maximum atomic E-state index is 16.4. The molecule has 0 radical (unpaired) electrons. The first-order valence-corrected chi connectivity index (χ1v) is 17.6. The van der Waals surface area contributed by atoms with Crippen molar-refractivity contribution >= 4 is 29.6 Å². The number of benzene rings is 2. The van der Waals surface area contributed by atoms with E-state index < -0.39 is 65.6 Å². The average Bonchev–Trinajstić information content (AvgIpc) is 3.97. The summed E-state index contributed by atoms with van der Waals surface area (Å²) in [5.41, 5.74) is 1.60. The van der Waals surface area contributed by atoms with Crippen LogP contribution in [0.3, 0.4) is 0 Å². The third kappa shape index (κ3) is 7.20. The van der Waals surface area contributed by atoms with Crippen LogP contribution >= 0.6 is 11.6 Å². The molecule has 2 aromatic heterocycles. The highest BCUT2D eigenvalue weighted by Gasteiger charge is 2.64. The Hall–Kier alpha value is -5.20. The third-order valence-corrected chi connectivity index (χ3v) is 10.0. The number of amides is 2. The minimum atomic E-state index is -4.75. The van der Waals surface area contributed by atoms with E-state index in [1.807, 2.05) is 5.32 Å². The van der Waals surface area contributed by atoms with Crippen molar-refractivity contribution < 1.29 is 40.7 Å². The average molecular weight is 793 g/mol. The molecule has 20 heteroatoms. The van der Waals surface area contributed by atoms with Crippen molar-refractivity contribution in [3.05, 3.63) is 71.0 Å². The molecule has 2 aliphatic carbocycles. The molecule has 0 bridgehead atoms. The molecule has 2 aromatic carbocycles. The smallest absolute Gasteiger partial charge is 0.411 e. The quantitative estimate of drug-likeness (QED) is 0.153. The van der Waals surface area contributed by atoms with Crippen LogP contribution in [0, 0.1) is 11.2 Å². The van der Waals surface area contributed by atoms with E-state index in [-0.39, 0.29) is 58.7 Å². The predicted molar refractivity (Wildman–Crippen MR) is 185 cm³/mol. The molecule has 292 valence electrons. The van der Waals surface area contributed by atoms with Crippen LogP contribution < -0.4 is 11.1 Å². The van der Waals surface area contributed by atoms with Crippen LogP contribution in [-0.2, 0) is 15.1 Å². The zero-order valence-corrected chi connectivity index (χ0v) is 30.4. The van der Waals surface area contributed by atoms with E-state index in [4.69, 9.17) is 22.1 Å². The minimum Gasteiger partial charge on any atom is -0.447 e. The third-order valence-electron chi connectivity index (χ3n) is 9.71. The summed E-state index contributed by atoms with van der Waals surface area (Å²) in [5.74, 6) is -2.17. The lowest BCUT2D eigenvalue weighted by molar-refractivity contribution is -0.164. The molecule has 2 amide bonds. The second-order valence-corrected chi connectivity index (χ2v) is 15.5. The number of carbonyl (C=O) groups is 2. The van der Waals surface area contributed by atoms with Gasteiger partial charge in [-0.25, -0.2) is 28.8 Å². The molecular weight excluding hydrogens is 758 g/mol. The van der Waals surface area contributed by atoms with Gasteiger partial charge in [-0.15, -0.1) is 0 Å². The first-order chi connectivity index (χ1) is 25.8. The number of nitrogens with zero attached hydrogens (tertiary/aromatic N) is 8. The van der Waals surface area contributed by atoms with Gasteiger partial charge in [-0.2, -0.15) is 36.8 Å². The maximum Gasteiger partial charge on any atom is 0.411 e. The number of guanidine groups is 1. The number of hydrogen-bond donors (Lipinski definition) is 2. The summed E-state index contributed by atoms with van der Waals surface area (Å²) >= 11 is 6.42. The Balaban J connectivity index is 1.28. The van der Waals surface area contributed by atoms with Crippen LogP contribution in [0.4, 0.5) is 31.1 Å². The number of carbonyl (C=O) groups excluding carboxylic acids is 2. The molecule has 0 unspecified atom stereocenters. The second kappa shape index (κ2) is 13.5. The lowest BCUT2D eigenvalue weighted by atomic mass is 9.75. The van der Waals surface area contributed by atoms with E-state index in [1.54, 1.807) is 37.8 Å². The molecule has 13 nitrogen and oxygen atoms in total. The fourth-order valence-electron chi connectivity index (χ4n) is 6.78. The van der Waals surface area contributed by atoms with Gasteiger partial charge in [0.15, 0.2) is 23.1 Å². The Morgan fingerprint density at radius 1 is 1.11 bits per heavy atom. The molecule has 55 heavy (non-hydrogen) atoms. The van der Waals surface area contributed by atoms with E-state index in [1.165, 1.54) is 30.3 Å². The summed E-state index contributed by atoms with van der Waals surface area (Å²) in [4.78, 5) is 41.5. The van der Waals surface area contributed by atoms with Crippen LogP contribution in [0.2, 0.25) is 5.02 Å². The molecule has 3 heterocycles. The molecule has 3 aliphatic rings. The molecular formula is C35H35ClF6N10O3. The normalized spacial score (nSPS) is 20.2. The van der Waals surface area contributed by atoms with E-state index in [9.17, 15) is 31.5 Å². The Kier molecular flexibility index (Phi) is 9.37. The van der Waals surface area contributed by atoms with Gasteiger partial charge in [-0.1, -0.05) is 50.6 Å². The molecule has 0 saturated heterocycles. The summed E-state index contributed by atoms with van der Waals surface area (Å²) in [6, 6.07) is 6.91. The standard InChI is InChI=1S/C35H35ClF6N10O3/c1-32(2,3)15-34(22-8-4-19(13-24(22)37)26-45-17-50(49-26)20-6-7-20)28(53)51(30(43)47-34)25(14-55-31(54)48-33(10-11-33)35(40,41)42)18-5-9-23(36)21(12-18)27-44-16-46-52(27)29(38)39/h4-5,8-9,12-13,16-17,20,25,29H,6-7,10-11,14-15H2,1-3H3,(H2,43,47)(H,48,54)/t25-,34-/m1/s1. The number of aromatic nitrogens is 6. The number of nitrogens with one attached hydrogen (secondary N) is 1. The molecule has 2 saturated carbocycles. The van der Waals surface area contributed by atoms with Gasteiger partial charge in [-0.05, 0) is 61.3 Å². The molecule has 1 aliphatic heterocycles. The molecule has 0 spiro atoms. The van der Waals surface area contributed by atoms with Crippen molar-refractivity contribution in [2.45, 2.75) is 88.8 Å². The van der Waals surface area contributed by atoms with Gasteiger partial charge < -0.3 is 15.8 Å². The molecule has 4 aromatic rings. The lowest BCUT2D eigenvalue weighted by Crippen LogP contribution is -2.50. The van der Waals surface area contributed by atoms with E-state index in [2.05, 4.69) is 25.2 Å². The highest BCUT2D eigenvalue weighted by molar-refractivity contribution is 6.33. The zero-order chi connectivity index (χ0) is 39.7. The first kappa shape index (κ1) is 38.1. The second-order valence-electron chi connectivity index (χ2n) is 15.1. The molecule has 3 N–H and O–H groups in total. The first-order valence-electron chi connectivity index (χ1n) is 17.2. The highest BCUT2D eigenvalue weighted by atomic mass is 35.5. The fraction of sp³-hybridized carbons (Fsp3) is 0.457. The van der Waals surface area contributed by atoms with Gasteiger partial charge in [0, 0.05) is 16.7 Å². The molecule has 7 rings (SSSR count). The van der Waals surface area contributed by atoms with Crippen LogP contribution in [0.25, 0.3) is 22.8 Å². The fourth-order valence-corrected chi connectivity index (χ4v) is 6.99. The number of aliphatic imine (C=N–C) groups is 1. The van der Waals surface area contributed by atoms with E-state index in [0.29, 0.717) is 10.2 Å². The number of rotatable bonds is 11. The minimum absolute atomic E-state index is 0.0491. The van der Waals surface area contributed by atoms with Crippen LogP contribution in [0.5, 0.6) is 0 Å². The summed E-state index contributed by atoms with van der Waals surface area (Å²) in [5, 5.41) is 9.80. The maximum absolute atomic E-state index is 16.4. The highest BCUT2D eigenvalue weighted by Crippen LogP contribution is 2.49. The van der Waals surface area contributed by atoms with Crippen LogP contribution in [0.1, 0.15) is 82.6 Å². The van der Waals surface area contributed by atoms with E-state index in [0.717, 1.165) is 24.1 Å². The van der Waals surface area contributed by atoms with Gasteiger partial charge in [0.25, 0.3) is 5.91 Å². The Morgan fingerprint density at radius 2 is 1.84 bits per heavy atom. The topological polar surface area (TPSA) is 158 Å². The SMILES string of the molecule is CC(C)(C)C[C@]1(c2ccc(-c3ncn(C4CC4)n3)cc2F)N=C(N)N([C@H](COC(=O)NC2(C(F)(F)F)CC2)c2ccc(Cl)c(-c3ncnn3C(F)F)c2)C1=O. The summed E-state index contributed by atoms with van der Waals surface area (Å²) in [7, 11) is 0. The number of alkyl carbamates (subject to hydrolysis) is 1.